The summed E-state index contributed by atoms with van der Waals surface area (Å²) < 4.78 is 6.66. The quantitative estimate of drug-likeness (QED) is 0.446. The van der Waals surface area contributed by atoms with Crippen molar-refractivity contribution in [2.24, 2.45) is 0 Å². The first kappa shape index (κ1) is 19.5. The molecule has 0 atom stereocenters. The standard InChI is InChI=1S/C18H13Br2ClN2O2/c1-10-15(21)4-3-5-16(10)23-18(24)12(9-22)6-11-7-13(19)17(25-2)14(20)8-11/h3-8H,1-2H3,(H,23,24)/b12-6+. The number of nitriles is 1. The van der Waals surface area contributed by atoms with Crippen LogP contribution in [0.1, 0.15) is 11.1 Å². The minimum absolute atomic E-state index is 0.0247. The minimum atomic E-state index is -0.504. The average Bonchev–Trinajstić information content (AvgIpc) is 2.56. The zero-order valence-electron chi connectivity index (χ0n) is 13.4. The van der Waals surface area contributed by atoms with Gasteiger partial charge in [-0.1, -0.05) is 17.7 Å². The van der Waals surface area contributed by atoms with Gasteiger partial charge < -0.3 is 10.1 Å². The molecule has 2 rings (SSSR count). The minimum Gasteiger partial charge on any atom is -0.494 e. The third-order valence-electron chi connectivity index (χ3n) is 3.42. The summed E-state index contributed by atoms with van der Waals surface area (Å²) in [5.41, 5.74) is 1.96. The Balaban J connectivity index is 2.33. The van der Waals surface area contributed by atoms with Gasteiger partial charge >= 0.3 is 0 Å². The Hall–Kier alpha value is -1.81. The molecule has 0 fully saturated rings. The molecule has 0 aliphatic carbocycles. The van der Waals surface area contributed by atoms with Crippen molar-refractivity contribution in [3.8, 4) is 11.8 Å². The number of anilines is 1. The molecule has 0 unspecified atom stereocenters. The zero-order chi connectivity index (χ0) is 18.6. The molecule has 1 amide bonds. The number of amides is 1. The summed E-state index contributed by atoms with van der Waals surface area (Å²) in [4.78, 5) is 12.4. The third kappa shape index (κ3) is 4.63. The highest BCUT2D eigenvalue weighted by Crippen LogP contribution is 2.35. The van der Waals surface area contributed by atoms with E-state index in [2.05, 4.69) is 37.2 Å². The summed E-state index contributed by atoms with van der Waals surface area (Å²) in [7, 11) is 1.56. The van der Waals surface area contributed by atoms with Crippen LogP contribution >= 0.6 is 43.5 Å². The molecule has 0 bridgehead atoms. The van der Waals surface area contributed by atoms with Crippen LogP contribution in [0.3, 0.4) is 0 Å². The topological polar surface area (TPSA) is 62.1 Å². The Kier molecular flexibility index (Phi) is 6.65. The highest BCUT2D eigenvalue weighted by atomic mass is 79.9. The fraction of sp³-hybridized carbons (Fsp3) is 0.111. The van der Waals surface area contributed by atoms with Crippen LogP contribution in [0.25, 0.3) is 6.08 Å². The van der Waals surface area contributed by atoms with Crippen molar-refractivity contribution in [1.82, 2.24) is 0 Å². The number of benzene rings is 2. The number of methoxy groups -OCH3 is 1. The van der Waals surface area contributed by atoms with E-state index in [9.17, 15) is 10.1 Å². The third-order valence-corrected chi connectivity index (χ3v) is 5.00. The second-order valence-corrected chi connectivity index (χ2v) is 7.17. The van der Waals surface area contributed by atoms with Crippen LogP contribution in [0.5, 0.6) is 5.75 Å². The molecular formula is C18H13Br2ClN2O2. The lowest BCUT2D eigenvalue weighted by atomic mass is 10.1. The Bertz CT molecular complexity index is 881. The van der Waals surface area contributed by atoms with Gasteiger partial charge in [0.05, 0.1) is 16.1 Å². The zero-order valence-corrected chi connectivity index (χ0v) is 17.3. The molecule has 4 nitrogen and oxygen atoms in total. The van der Waals surface area contributed by atoms with Crippen molar-refractivity contribution in [2.45, 2.75) is 6.92 Å². The van der Waals surface area contributed by atoms with Gasteiger partial charge in [0.1, 0.15) is 17.4 Å². The van der Waals surface area contributed by atoms with Gasteiger partial charge in [0.2, 0.25) is 0 Å². The van der Waals surface area contributed by atoms with Gasteiger partial charge in [-0.3, -0.25) is 4.79 Å². The molecule has 0 aromatic heterocycles. The Morgan fingerprint density at radius 2 is 1.96 bits per heavy atom. The molecule has 2 aromatic carbocycles. The smallest absolute Gasteiger partial charge is 0.266 e. The normalized spacial score (nSPS) is 11.0. The molecule has 128 valence electrons. The summed E-state index contributed by atoms with van der Waals surface area (Å²) >= 11 is 12.8. The van der Waals surface area contributed by atoms with E-state index < -0.39 is 5.91 Å². The first-order chi connectivity index (χ1) is 11.9. The van der Waals surface area contributed by atoms with Crippen LogP contribution in [0.4, 0.5) is 5.69 Å². The van der Waals surface area contributed by atoms with E-state index >= 15 is 0 Å². The van der Waals surface area contributed by atoms with Crippen molar-refractivity contribution >= 4 is 61.1 Å². The molecule has 0 saturated heterocycles. The largest absolute Gasteiger partial charge is 0.494 e. The maximum Gasteiger partial charge on any atom is 0.266 e. The van der Waals surface area contributed by atoms with Gasteiger partial charge in [0.25, 0.3) is 5.91 Å². The van der Waals surface area contributed by atoms with E-state index in [1.807, 2.05) is 6.07 Å². The average molecular weight is 485 g/mol. The van der Waals surface area contributed by atoms with E-state index in [0.29, 0.717) is 31.0 Å². The first-order valence-electron chi connectivity index (χ1n) is 7.08. The predicted molar refractivity (Wildman–Crippen MR) is 107 cm³/mol. The number of carbonyl (C=O) groups is 1. The van der Waals surface area contributed by atoms with Crippen molar-refractivity contribution in [3.63, 3.8) is 0 Å². The van der Waals surface area contributed by atoms with Gasteiger partial charge in [-0.2, -0.15) is 5.26 Å². The first-order valence-corrected chi connectivity index (χ1v) is 9.05. The summed E-state index contributed by atoms with van der Waals surface area (Å²) in [6.45, 7) is 1.80. The Morgan fingerprint density at radius 1 is 1.32 bits per heavy atom. The molecule has 0 radical (unpaired) electrons. The predicted octanol–water partition coefficient (Wildman–Crippen LogP) is 5.73. The number of ether oxygens (including phenoxy) is 1. The number of halogens is 3. The molecule has 0 heterocycles. The van der Waals surface area contributed by atoms with Crippen LogP contribution in [-0.2, 0) is 4.79 Å². The second-order valence-electron chi connectivity index (χ2n) is 5.05. The van der Waals surface area contributed by atoms with Crippen LogP contribution in [0.2, 0.25) is 5.02 Å². The van der Waals surface area contributed by atoms with Crippen molar-refractivity contribution in [3.05, 3.63) is 61.0 Å². The van der Waals surface area contributed by atoms with Crippen molar-refractivity contribution in [2.75, 3.05) is 12.4 Å². The number of nitrogens with one attached hydrogen (secondary N) is 1. The van der Waals surface area contributed by atoms with Gasteiger partial charge in [0, 0.05) is 10.7 Å². The summed E-state index contributed by atoms with van der Waals surface area (Å²) in [6, 6.07) is 10.7. The molecule has 0 aliphatic heterocycles. The lowest BCUT2D eigenvalue weighted by molar-refractivity contribution is -0.112. The Morgan fingerprint density at radius 3 is 2.52 bits per heavy atom. The van der Waals surface area contributed by atoms with Crippen molar-refractivity contribution < 1.29 is 9.53 Å². The van der Waals surface area contributed by atoms with Gasteiger partial charge in [0.15, 0.2) is 0 Å². The lowest BCUT2D eigenvalue weighted by Crippen LogP contribution is -2.14. The fourth-order valence-electron chi connectivity index (χ4n) is 2.11. The van der Waals surface area contributed by atoms with E-state index in [0.717, 1.165) is 5.56 Å². The van der Waals surface area contributed by atoms with Crippen LogP contribution in [-0.4, -0.2) is 13.0 Å². The monoisotopic (exact) mass is 482 g/mol. The molecule has 0 spiro atoms. The van der Waals surface area contributed by atoms with Crippen molar-refractivity contribution in [1.29, 1.82) is 5.26 Å². The van der Waals surface area contributed by atoms with E-state index in [-0.39, 0.29) is 5.57 Å². The summed E-state index contributed by atoms with van der Waals surface area (Å²) in [6.07, 6.45) is 1.50. The molecule has 0 aliphatic rings. The maximum atomic E-state index is 12.4. The maximum absolute atomic E-state index is 12.4. The number of hydrogen-bond acceptors (Lipinski definition) is 3. The molecule has 7 heteroatoms. The second kappa shape index (κ2) is 8.52. The highest BCUT2D eigenvalue weighted by Gasteiger charge is 2.13. The number of hydrogen-bond donors (Lipinski definition) is 1. The number of rotatable bonds is 4. The van der Waals surface area contributed by atoms with Gasteiger partial charge in [-0.15, -0.1) is 0 Å². The van der Waals surface area contributed by atoms with Crippen LogP contribution in [0.15, 0.2) is 44.9 Å². The van der Waals surface area contributed by atoms with Gasteiger partial charge in [-0.05, 0) is 80.3 Å². The van der Waals surface area contributed by atoms with Crippen LogP contribution < -0.4 is 10.1 Å². The lowest BCUT2D eigenvalue weighted by Gasteiger charge is -2.10. The molecule has 0 saturated carbocycles. The molecule has 2 aromatic rings. The fourth-order valence-corrected chi connectivity index (χ4v) is 3.83. The summed E-state index contributed by atoms with van der Waals surface area (Å²) in [5, 5.41) is 12.6. The Labute approximate surface area is 167 Å². The van der Waals surface area contributed by atoms with E-state index in [1.54, 1.807) is 44.4 Å². The SMILES string of the molecule is COc1c(Br)cc(/C=C(\C#N)C(=O)Nc2cccc(Cl)c2C)cc1Br. The molecular weight excluding hydrogens is 471 g/mol. The number of carbonyl (C=O) groups excluding carboxylic acids is 1. The molecule has 1 N–H and O–H groups in total. The number of nitrogens with zero attached hydrogens (tertiary/aromatic N) is 1. The highest BCUT2D eigenvalue weighted by molar-refractivity contribution is 9.11. The van der Waals surface area contributed by atoms with E-state index in [4.69, 9.17) is 16.3 Å². The molecule has 25 heavy (non-hydrogen) atoms. The van der Waals surface area contributed by atoms with E-state index in [1.165, 1.54) is 6.08 Å². The van der Waals surface area contributed by atoms with Gasteiger partial charge in [-0.25, -0.2) is 0 Å². The van der Waals surface area contributed by atoms with Crippen LogP contribution in [0, 0.1) is 18.3 Å². The summed E-state index contributed by atoms with van der Waals surface area (Å²) in [5.74, 6) is 0.130.